The van der Waals surface area contributed by atoms with Gasteiger partial charge in [-0.05, 0) is 25.0 Å². The Labute approximate surface area is 112 Å². The largest absolute Gasteiger partial charge is 0.355 e. The minimum Gasteiger partial charge on any atom is -0.355 e. The zero-order valence-corrected chi connectivity index (χ0v) is 11.7. The molecule has 1 fully saturated rings. The lowest BCUT2D eigenvalue weighted by Gasteiger charge is -2.25. The number of anilines is 1. The van der Waals surface area contributed by atoms with Crippen molar-refractivity contribution < 1.29 is 0 Å². The van der Waals surface area contributed by atoms with Crippen LogP contribution in [-0.2, 0) is 0 Å². The number of nitrogens with zero attached hydrogens (tertiary/aromatic N) is 4. The Hall–Kier alpha value is -1.28. The summed E-state index contributed by atoms with van der Waals surface area (Å²) in [5, 5.41) is 9.49. The Kier molecular flexibility index (Phi) is 4.43. The first-order valence-corrected chi connectivity index (χ1v) is 7.36. The molecule has 0 radical (unpaired) electrons. The molecule has 0 saturated heterocycles. The summed E-state index contributed by atoms with van der Waals surface area (Å²) in [5.41, 5.74) is 0.373. The maximum absolute atomic E-state index is 8.70. The standard InChI is InChI=1S/C13H18N4S/c1-3-18-12-5-4-11(6-12)17(2)13-9-15-10(7-14)8-16-13/h8-9,11-12H,3-6H2,1-2H3. The normalized spacial score (nSPS) is 22.7. The molecule has 1 heterocycles. The average molecular weight is 262 g/mol. The van der Waals surface area contributed by atoms with Crippen molar-refractivity contribution in [2.75, 3.05) is 17.7 Å². The smallest absolute Gasteiger partial charge is 0.158 e. The fourth-order valence-electron chi connectivity index (χ4n) is 2.40. The van der Waals surface area contributed by atoms with Gasteiger partial charge in [0.1, 0.15) is 11.9 Å². The minimum atomic E-state index is 0.373. The molecule has 0 aromatic carbocycles. The Morgan fingerprint density at radius 1 is 1.44 bits per heavy atom. The number of thioether (sulfide) groups is 1. The minimum absolute atomic E-state index is 0.373. The van der Waals surface area contributed by atoms with Gasteiger partial charge in [0.15, 0.2) is 5.69 Å². The van der Waals surface area contributed by atoms with E-state index in [0.717, 1.165) is 11.1 Å². The summed E-state index contributed by atoms with van der Waals surface area (Å²) in [7, 11) is 2.07. The van der Waals surface area contributed by atoms with Crippen LogP contribution in [0.3, 0.4) is 0 Å². The zero-order chi connectivity index (χ0) is 13.0. The van der Waals surface area contributed by atoms with Gasteiger partial charge in [-0.2, -0.15) is 17.0 Å². The summed E-state index contributed by atoms with van der Waals surface area (Å²) in [6.07, 6.45) is 6.96. The summed E-state index contributed by atoms with van der Waals surface area (Å²) in [4.78, 5) is 10.6. The average Bonchev–Trinajstić information content (AvgIpc) is 2.87. The number of hydrogen-bond donors (Lipinski definition) is 0. The SMILES string of the molecule is CCSC1CCC(N(C)c2cnc(C#N)cn2)C1. The molecule has 1 saturated carbocycles. The Balaban J connectivity index is 1.99. The van der Waals surface area contributed by atoms with Crippen LogP contribution in [-0.4, -0.2) is 34.1 Å². The second-order valence-electron chi connectivity index (χ2n) is 4.53. The first-order chi connectivity index (χ1) is 8.74. The fourth-order valence-corrected chi connectivity index (χ4v) is 3.54. The van der Waals surface area contributed by atoms with Crippen molar-refractivity contribution in [2.45, 2.75) is 37.5 Å². The van der Waals surface area contributed by atoms with E-state index in [-0.39, 0.29) is 0 Å². The molecule has 0 N–H and O–H groups in total. The van der Waals surface area contributed by atoms with Gasteiger partial charge in [-0.3, -0.25) is 0 Å². The lowest BCUT2D eigenvalue weighted by Crippen LogP contribution is -2.30. The van der Waals surface area contributed by atoms with Gasteiger partial charge < -0.3 is 4.90 Å². The van der Waals surface area contributed by atoms with Gasteiger partial charge in [-0.1, -0.05) is 6.92 Å². The van der Waals surface area contributed by atoms with Crippen LogP contribution in [0.2, 0.25) is 0 Å². The molecule has 0 aliphatic heterocycles. The molecule has 1 aromatic heterocycles. The molecule has 0 bridgehead atoms. The fraction of sp³-hybridized carbons (Fsp3) is 0.615. The molecule has 0 amide bonds. The quantitative estimate of drug-likeness (QED) is 0.834. The van der Waals surface area contributed by atoms with Crippen molar-refractivity contribution in [3.63, 3.8) is 0 Å². The summed E-state index contributed by atoms with van der Waals surface area (Å²) < 4.78 is 0. The van der Waals surface area contributed by atoms with Crippen molar-refractivity contribution in [1.82, 2.24) is 9.97 Å². The molecular formula is C13H18N4S. The number of hydrogen-bond acceptors (Lipinski definition) is 5. The lowest BCUT2D eigenvalue weighted by atomic mass is 10.2. The van der Waals surface area contributed by atoms with Gasteiger partial charge in [0.25, 0.3) is 0 Å². The van der Waals surface area contributed by atoms with E-state index in [4.69, 9.17) is 5.26 Å². The molecule has 2 atom stereocenters. The first-order valence-electron chi connectivity index (χ1n) is 6.31. The topological polar surface area (TPSA) is 52.8 Å². The molecule has 1 aromatic rings. The summed E-state index contributed by atoms with van der Waals surface area (Å²) in [6.45, 7) is 2.22. The molecule has 4 nitrogen and oxygen atoms in total. The zero-order valence-electron chi connectivity index (χ0n) is 10.8. The van der Waals surface area contributed by atoms with E-state index in [2.05, 4.69) is 40.6 Å². The van der Waals surface area contributed by atoms with E-state index in [0.29, 0.717) is 11.7 Å². The number of nitriles is 1. The molecule has 1 aliphatic carbocycles. The number of rotatable bonds is 4. The molecular weight excluding hydrogens is 244 g/mol. The van der Waals surface area contributed by atoms with Crippen molar-refractivity contribution in [3.05, 3.63) is 18.1 Å². The summed E-state index contributed by atoms with van der Waals surface area (Å²) in [5.74, 6) is 2.05. The maximum atomic E-state index is 8.70. The Bertz CT molecular complexity index is 426. The van der Waals surface area contributed by atoms with Crippen LogP contribution in [0.5, 0.6) is 0 Å². The Morgan fingerprint density at radius 2 is 2.28 bits per heavy atom. The highest BCUT2D eigenvalue weighted by molar-refractivity contribution is 7.99. The Morgan fingerprint density at radius 3 is 2.89 bits per heavy atom. The van der Waals surface area contributed by atoms with Gasteiger partial charge in [0.2, 0.25) is 0 Å². The second-order valence-corrected chi connectivity index (χ2v) is 6.10. The van der Waals surface area contributed by atoms with Crippen LogP contribution in [0.4, 0.5) is 5.82 Å². The van der Waals surface area contributed by atoms with Crippen LogP contribution in [0, 0.1) is 11.3 Å². The predicted octanol–water partition coefficient (Wildman–Crippen LogP) is 2.46. The number of aromatic nitrogens is 2. The van der Waals surface area contributed by atoms with E-state index in [1.807, 2.05) is 6.07 Å². The van der Waals surface area contributed by atoms with Crippen molar-refractivity contribution in [2.24, 2.45) is 0 Å². The van der Waals surface area contributed by atoms with Gasteiger partial charge in [-0.15, -0.1) is 0 Å². The summed E-state index contributed by atoms with van der Waals surface area (Å²) in [6, 6.07) is 2.54. The van der Waals surface area contributed by atoms with E-state index in [9.17, 15) is 0 Å². The maximum Gasteiger partial charge on any atom is 0.158 e. The lowest BCUT2D eigenvalue weighted by molar-refractivity contribution is 0.646. The van der Waals surface area contributed by atoms with Crippen LogP contribution < -0.4 is 4.90 Å². The van der Waals surface area contributed by atoms with Gasteiger partial charge in [-0.25, -0.2) is 9.97 Å². The molecule has 1 aliphatic rings. The van der Waals surface area contributed by atoms with Crippen LogP contribution in [0.15, 0.2) is 12.4 Å². The van der Waals surface area contributed by atoms with Gasteiger partial charge in [0, 0.05) is 18.3 Å². The van der Waals surface area contributed by atoms with Crippen LogP contribution >= 0.6 is 11.8 Å². The third kappa shape index (κ3) is 2.94. The van der Waals surface area contributed by atoms with Crippen LogP contribution in [0.1, 0.15) is 31.9 Å². The first kappa shape index (κ1) is 13.2. The highest BCUT2D eigenvalue weighted by atomic mass is 32.2. The van der Waals surface area contributed by atoms with E-state index in [1.54, 1.807) is 12.4 Å². The van der Waals surface area contributed by atoms with E-state index >= 15 is 0 Å². The predicted molar refractivity (Wildman–Crippen MR) is 74.7 cm³/mol. The summed E-state index contributed by atoms with van der Waals surface area (Å²) >= 11 is 2.06. The van der Waals surface area contributed by atoms with E-state index in [1.165, 1.54) is 25.0 Å². The van der Waals surface area contributed by atoms with Crippen LogP contribution in [0.25, 0.3) is 0 Å². The van der Waals surface area contributed by atoms with Crippen molar-refractivity contribution in [3.8, 4) is 6.07 Å². The van der Waals surface area contributed by atoms with Crippen molar-refractivity contribution >= 4 is 17.6 Å². The monoisotopic (exact) mass is 262 g/mol. The second kappa shape index (κ2) is 6.05. The molecule has 5 heteroatoms. The molecule has 0 spiro atoms. The third-order valence-corrected chi connectivity index (χ3v) is 4.65. The van der Waals surface area contributed by atoms with Crippen molar-refractivity contribution in [1.29, 1.82) is 5.26 Å². The van der Waals surface area contributed by atoms with Gasteiger partial charge >= 0.3 is 0 Å². The highest BCUT2D eigenvalue weighted by Gasteiger charge is 2.28. The molecule has 2 unspecified atom stereocenters. The van der Waals surface area contributed by atoms with Gasteiger partial charge in [0.05, 0.1) is 12.4 Å². The third-order valence-electron chi connectivity index (χ3n) is 3.42. The van der Waals surface area contributed by atoms with E-state index < -0.39 is 0 Å². The molecule has 18 heavy (non-hydrogen) atoms. The molecule has 96 valence electrons. The molecule has 2 rings (SSSR count). The highest BCUT2D eigenvalue weighted by Crippen LogP contribution is 2.33.